The molecule has 4 aromatic rings. The third-order valence-electron chi connectivity index (χ3n) is 9.08. The number of halogens is 1. The Kier molecular flexibility index (Phi) is 8.94. The predicted octanol–water partition coefficient (Wildman–Crippen LogP) is 5.08. The van der Waals surface area contributed by atoms with Crippen LogP contribution in [0.2, 0.25) is 0 Å². The van der Waals surface area contributed by atoms with Crippen LogP contribution in [-0.4, -0.2) is 79.3 Å². The number of piperazine rings is 1. The second kappa shape index (κ2) is 13.1. The summed E-state index contributed by atoms with van der Waals surface area (Å²) in [6.07, 6.45) is 4.57. The van der Waals surface area contributed by atoms with Gasteiger partial charge in [0, 0.05) is 55.4 Å². The fourth-order valence-electron chi connectivity index (χ4n) is 6.73. The quantitative estimate of drug-likeness (QED) is 0.210. The minimum atomic E-state index is -0.534. The molecular formula is C35H40FN9O2. The molecule has 0 saturated carbocycles. The summed E-state index contributed by atoms with van der Waals surface area (Å²) < 4.78 is 23.2. The average molecular weight is 638 g/mol. The van der Waals surface area contributed by atoms with Gasteiger partial charge in [-0.3, -0.25) is 9.69 Å². The lowest BCUT2D eigenvalue weighted by molar-refractivity contribution is -0.128. The number of nitrogens with zero attached hydrogens (tertiary/aromatic N) is 7. The molecular weight excluding hydrogens is 597 g/mol. The number of piperidine rings is 1. The molecule has 0 spiro atoms. The fourth-order valence-corrected chi connectivity index (χ4v) is 6.73. The topological polar surface area (TPSA) is 138 Å². The van der Waals surface area contributed by atoms with Crippen molar-refractivity contribution in [3.63, 3.8) is 0 Å². The van der Waals surface area contributed by atoms with Crippen molar-refractivity contribution in [2.24, 2.45) is 0 Å². The zero-order valence-electron chi connectivity index (χ0n) is 27.2. The second-order valence-electron chi connectivity index (χ2n) is 13.0. The number of ether oxygens (including phenoxy) is 1. The van der Waals surface area contributed by atoms with Crippen molar-refractivity contribution in [2.75, 3.05) is 31.9 Å². The molecule has 0 radical (unpaired) electrons. The molecule has 6 rings (SSSR count). The van der Waals surface area contributed by atoms with Crippen LogP contribution >= 0.6 is 0 Å². The Morgan fingerprint density at radius 2 is 1.94 bits per heavy atom. The number of carbonyl (C=O) groups excluding carboxylic acids is 1. The number of amides is 1. The van der Waals surface area contributed by atoms with Gasteiger partial charge in [0.15, 0.2) is 5.65 Å². The third kappa shape index (κ3) is 6.54. The highest BCUT2D eigenvalue weighted by atomic mass is 19.1. The number of benzene rings is 2. The van der Waals surface area contributed by atoms with Gasteiger partial charge in [-0.1, -0.05) is 18.2 Å². The van der Waals surface area contributed by atoms with E-state index in [1.54, 1.807) is 39.9 Å². The normalized spacial score (nSPS) is 21.1. The molecule has 0 unspecified atom stereocenters. The highest BCUT2D eigenvalue weighted by Crippen LogP contribution is 2.36. The van der Waals surface area contributed by atoms with E-state index in [2.05, 4.69) is 40.1 Å². The van der Waals surface area contributed by atoms with Gasteiger partial charge in [0.2, 0.25) is 0 Å². The molecule has 12 heteroatoms. The van der Waals surface area contributed by atoms with E-state index in [0.29, 0.717) is 60.2 Å². The number of nitrogen functional groups attached to an aromatic ring is 1. The molecule has 2 saturated heterocycles. The molecule has 4 heterocycles. The summed E-state index contributed by atoms with van der Waals surface area (Å²) in [5.74, 6) is 0.268. The maximum absolute atomic E-state index is 15.7. The first kappa shape index (κ1) is 32.1. The smallest absolute Gasteiger partial charge is 0.264 e. The molecule has 11 nitrogen and oxygen atoms in total. The first-order valence-corrected chi connectivity index (χ1v) is 16.0. The molecule has 1 amide bonds. The summed E-state index contributed by atoms with van der Waals surface area (Å²) in [5.41, 5.74) is 6.93. The summed E-state index contributed by atoms with van der Waals surface area (Å²) in [7, 11) is 0. The number of para-hydroxylation sites is 1. The lowest BCUT2D eigenvalue weighted by Gasteiger charge is -2.46. The first-order chi connectivity index (χ1) is 22.6. The van der Waals surface area contributed by atoms with Crippen molar-refractivity contribution >= 4 is 22.8 Å². The molecule has 2 aromatic heterocycles. The van der Waals surface area contributed by atoms with Crippen LogP contribution in [0.1, 0.15) is 46.6 Å². The maximum atomic E-state index is 15.7. The molecule has 0 aliphatic carbocycles. The number of likely N-dealkylation sites (tertiary alicyclic amines) is 1. The third-order valence-corrected chi connectivity index (χ3v) is 9.08. The minimum absolute atomic E-state index is 0.117. The van der Waals surface area contributed by atoms with E-state index in [1.165, 1.54) is 12.4 Å². The van der Waals surface area contributed by atoms with Gasteiger partial charge in [-0.05, 0) is 70.9 Å². The summed E-state index contributed by atoms with van der Waals surface area (Å²) in [6, 6.07) is 16.2. The van der Waals surface area contributed by atoms with Crippen LogP contribution in [0, 0.1) is 17.1 Å². The van der Waals surface area contributed by atoms with E-state index in [4.69, 9.17) is 15.6 Å². The fraction of sp³-hybridized carbons (Fsp3) is 0.400. The van der Waals surface area contributed by atoms with Gasteiger partial charge in [-0.15, -0.1) is 0 Å². The van der Waals surface area contributed by atoms with Crippen molar-refractivity contribution < 1.29 is 13.9 Å². The van der Waals surface area contributed by atoms with E-state index >= 15 is 4.39 Å². The molecule has 3 atom stereocenters. The van der Waals surface area contributed by atoms with Crippen LogP contribution in [0.4, 0.5) is 10.2 Å². The summed E-state index contributed by atoms with van der Waals surface area (Å²) >= 11 is 0. The number of aromatic nitrogens is 4. The van der Waals surface area contributed by atoms with Gasteiger partial charge in [0.25, 0.3) is 5.91 Å². The second-order valence-corrected chi connectivity index (χ2v) is 13.0. The lowest BCUT2D eigenvalue weighted by atomic mass is 9.94. The number of carbonyl (C=O) groups is 1. The van der Waals surface area contributed by atoms with Gasteiger partial charge >= 0.3 is 0 Å². The van der Waals surface area contributed by atoms with Crippen molar-refractivity contribution in [3.05, 3.63) is 72.3 Å². The number of fused-ring (bicyclic) bond motifs is 1. The molecule has 47 heavy (non-hydrogen) atoms. The number of anilines is 1. The van der Waals surface area contributed by atoms with Crippen LogP contribution in [0.3, 0.4) is 0 Å². The van der Waals surface area contributed by atoms with Crippen molar-refractivity contribution in [3.8, 4) is 28.8 Å². The number of nitrogens with two attached hydrogens (primary N) is 1. The molecule has 2 aliphatic rings. The number of hydrogen-bond acceptors (Lipinski definition) is 9. The molecule has 0 bridgehead atoms. The van der Waals surface area contributed by atoms with Gasteiger partial charge in [0.1, 0.15) is 46.8 Å². The standard InChI is InChI=1S/C35H40FN9O2/c1-22-19-44(23(2)18-39-22)35(3,4)16-24(17-37)34(46)43-14-8-9-25(20-43)45-33-30(32(38)40-21-41-33)31(42-45)28-13-12-27(15-29(28)36)47-26-10-6-5-7-11-26/h5-7,10-13,15-16,21-23,25,39H,8-9,14,18-20H2,1-4H3,(H2,38,40,41)/b24-16+/t22-,23+,25-/m0/s1. The SMILES string of the molecule is C[C@@H]1CN[C@@H](C)CN1C(C)(C)/C=C(\C#N)C(=O)N1CCC[C@H](n2nc(-c3ccc(Oc4ccccc4)cc3F)c3c(N)ncnc32)C1. The van der Waals surface area contributed by atoms with Crippen LogP contribution < -0.4 is 15.8 Å². The average Bonchev–Trinajstić information content (AvgIpc) is 3.45. The number of nitriles is 1. The highest BCUT2D eigenvalue weighted by Gasteiger charge is 2.36. The number of hydrogen-bond donors (Lipinski definition) is 2. The van der Waals surface area contributed by atoms with Crippen LogP contribution in [0.25, 0.3) is 22.3 Å². The van der Waals surface area contributed by atoms with Crippen LogP contribution in [0.5, 0.6) is 11.5 Å². The van der Waals surface area contributed by atoms with E-state index in [9.17, 15) is 10.1 Å². The monoisotopic (exact) mass is 637 g/mol. The Balaban J connectivity index is 1.28. The first-order valence-electron chi connectivity index (χ1n) is 16.0. The van der Waals surface area contributed by atoms with E-state index < -0.39 is 11.4 Å². The number of rotatable bonds is 7. The van der Waals surface area contributed by atoms with Gasteiger partial charge in [-0.25, -0.2) is 19.0 Å². The van der Waals surface area contributed by atoms with Crippen molar-refractivity contribution in [2.45, 2.75) is 64.2 Å². The highest BCUT2D eigenvalue weighted by molar-refractivity contribution is 5.99. The largest absolute Gasteiger partial charge is 0.457 e. The Morgan fingerprint density at radius 1 is 1.15 bits per heavy atom. The minimum Gasteiger partial charge on any atom is -0.457 e. The summed E-state index contributed by atoms with van der Waals surface area (Å²) in [5, 5.41) is 18.9. The van der Waals surface area contributed by atoms with Crippen LogP contribution in [0.15, 0.2) is 66.5 Å². The molecule has 2 fully saturated rings. The zero-order valence-corrected chi connectivity index (χ0v) is 27.2. The molecule has 3 N–H and O–H groups in total. The van der Waals surface area contributed by atoms with Gasteiger partial charge in [0.05, 0.1) is 11.4 Å². The molecule has 2 aromatic carbocycles. The van der Waals surface area contributed by atoms with E-state index in [0.717, 1.165) is 13.1 Å². The zero-order chi connectivity index (χ0) is 33.3. The van der Waals surface area contributed by atoms with Gasteiger partial charge < -0.3 is 20.7 Å². The Bertz CT molecular complexity index is 1850. The Labute approximate surface area is 273 Å². The number of nitrogens with one attached hydrogen (secondary N) is 1. The molecule has 2 aliphatic heterocycles. The van der Waals surface area contributed by atoms with Crippen molar-refractivity contribution in [1.82, 2.24) is 34.9 Å². The Morgan fingerprint density at radius 3 is 2.68 bits per heavy atom. The predicted molar refractivity (Wildman–Crippen MR) is 178 cm³/mol. The van der Waals surface area contributed by atoms with Crippen LogP contribution in [-0.2, 0) is 4.79 Å². The van der Waals surface area contributed by atoms with Crippen molar-refractivity contribution in [1.29, 1.82) is 5.26 Å². The van der Waals surface area contributed by atoms with Gasteiger partial charge in [-0.2, -0.15) is 10.4 Å². The Hall–Kier alpha value is -4.86. The molecule has 244 valence electrons. The summed E-state index contributed by atoms with van der Waals surface area (Å²) in [4.78, 5) is 26.5. The van der Waals surface area contributed by atoms with E-state index in [1.807, 2.05) is 32.0 Å². The maximum Gasteiger partial charge on any atom is 0.264 e. The summed E-state index contributed by atoms with van der Waals surface area (Å²) in [6.45, 7) is 10.9. The van der Waals surface area contributed by atoms with E-state index in [-0.39, 0.29) is 34.9 Å². The lowest BCUT2D eigenvalue weighted by Crippen LogP contribution is -2.60.